The van der Waals surface area contributed by atoms with Crippen molar-refractivity contribution in [1.29, 1.82) is 0 Å². The molecule has 0 aliphatic carbocycles. The summed E-state index contributed by atoms with van der Waals surface area (Å²) in [5, 5.41) is 2.59. The second-order valence-electron chi connectivity index (χ2n) is 4.08. The van der Waals surface area contributed by atoms with Gasteiger partial charge < -0.3 is 14.8 Å². The molecule has 0 fully saturated rings. The lowest BCUT2D eigenvalue weighted by molar-refractivity contribution is -0.146. The van der Waals surface area contributed by atoms with Crippen molar-refractivity contribution in [2.45, 2.75) is 20.3 Å². The molecule has 0 saturated carbocycles. The van der Waals surface area contributed by atoms with Crippen molar-refractivity contribution < 1.29 is 23.9 Å². The summed E-state index contributed by atoms with van der Waals surface area (Å²) < 4.78 is 9.33. The average molecular weight is 279 g/mol. The van der Waals surface area contributed by atoms with Gasteiger partial charge in [-0.1, -0.05) is 13.0 Å². The summed E-state index contributed by atoms with van der Waals surface area (Å²) >= 11 is 0. The first-order chi connectivity index (χ1) is 9.47. The first-order valence-electron chi connectivity index (χ1n) is 6.12. The van der Waals surface area contributed by atoms with Crippen LogP contribution < -0.4 is 5.32 Å². The molecular weight excluding hydrogens is 262 g/mol. The molecule has 0 heterocycles. The number of carbonyl (C=O) groups excluding carboxylic acids is 3. The molecule has 0 atom stereocenters. The predicted molar refractivity (Wildman–Crippen MR) is 72.4 cm³/mol. The largest absolute Gasteiger partial charge is 0.465 e. The summed E-state index contributed by atoms with van der Waals surface area (Å²) in [6.45, 7) is 3.08. The molecule has 0 aliphatic heterocycles. The van der Waals surface area contributed by atoms with E-state index in [0.29, 0.717) is 11.3 Å². The number of carbonyl (C=O) groups is 3. The minimum atomic E-state index is -0.488. The lowest BCUT2D eigenvalue weighted by atomic mass is 10.1. The lowest BCUT2D eigenvalue weighted by Crippen LogP contribution is -2.21. The van der Waals surface area contributed by atoms with E-state index >= 15 is 0 Å². The SMILES string of the molecule is CCC(=O)OCC(=O)Nc1cc(C(=O)OC)ccc1C. The number of esters is 2. The number of rotatable bonds is 5. The van der Waals surface area contributed by atoms with Gasteiger partial charge in [-0.3, -0.25) is 9.59 Å². The Balaban J connectivity index is 2.73. The number of benzene rings is 1. The van der Waals surface area contributed by atoms with E-state index in [1.165, 1.54) is 13.2 Å². The van der Waals surface area contributed by atoms with Gasteiger partial charge in [-0.25, -0.2) is 4.79 Å². The Morgan fingerprint density at radius 1 is 1.25 bits per heavy atom. The van der Waals surface area contributed by atoms with Gasteiger partial charge in [-0.05, 0) is 24.6 Å². The minimum Gasteiger partial charge on any atom is -0.465 e. The van der Waals surface area contributed by atoms with Crippen LogP contribution in [0.2, 0.25) is 0 Å². The van der Waals surface area contributed by atoms with Crippen LogP contribution >= 0.6 is 0 Å². The van der Waals surface area contributed by atoms with Gasteiger partial charge in [-0.2, -0.15) is 0 Å². The second-order valence-corrected chi connectivity index (χ2v) is 4.08. The number of hydrogen-bond acceptors (Lipinski definition) is 5. The van der Waals surface area contributed by atoms with Crippen LogP contribution in [0.5, 0.6) is 0 Å². The summed E-state index contributed by atoms with van der Waals surface area (Å²) in [6.07, 6.45) is 0.212. The number of methoxy groups -OCH3 is 1. The highest BCUT2D eigenvalue weighted by Gasteiger charge is 2.11. The molecule has 1 aromatic carbocycles. The first-order valence-corrected chi connectivity index (χ1v) is 6.12. The number of hydrogen-bond donors (Lipinski definition) is 1. The second kappa shape index (κ2) is 7.28. The zero-order valence-electron chi connectivity index (χ0n) is 11.7. The van der Waals surface area contributed by atoms with Crippen molar-refractivity contribution >= 4 is 23.5 Å². The maximum Gasteiger partial charge on any atom is 0.337 e. The van der Waals surface area contributed by atoms with Crippen LogP contribution in [0.3, 0.4) is 0 Å². The molecule has 0 spiro atoms. The fourth-order valence-electron chi connectivity index (χ4n) is 1.44. The van der Waals surface area contributed by atoms with Crippen LogP contribution in [0.25, 0.3) is 0 Å². The van der Waals surface area contributed by atoms with Gasteiger partial charge in [0, 0.05) is 12.1 Å². The fraction of sp³-hybridized carbons (Fsp3) is 0.357. The van der Waals surface area contributed by atoms with Crippen molar-refractivity contribution in [3.05, 3.63) is 29.3 Å². The van der Waals surface area contributed by atoms with Crippen LogP contribution in [0.15, 0.2) is 18.2 Å². The minimum absolute atomic E-state index is 0.212. The maximum absolute atomic E-state index is 11.6. The molecule has 1 aromatic rings. The summed E-state index contributed by atoms with van der Waals surface area (Å²) in [6, 6.07) is 4.81. The Bertz CT molecular complexity index is 524. The molecule has 1 rings (SSSR count). The average Bonchev–Trinajstić information content (AvgIpc) is 2.46. The van der Waals surface area contributed by atoms with Crippen molar-refractivity contribution in [1.82, 2.24) is 0 Å². The Hall–Kier alpha value is -2.37. The monoisotopic (exact) mass is 279 g/mol. The Labute approximate surface area is 117 Å². The van der Waals surface area contributed by atoms with Crippen molar-refractivity contribution in [2.24, 2.45) is 0 Å². The molecule has 0 bridgehead atoms. The molecule has 0 radical (unpaired) electrons. The van der Waals surface area contributed by atoms with Crippen molar-refractivity contribution in [2.75, 3.05) is 19.0 Å². The summed E-state index contributed by atoms with van der Waals surface area (Å²) in [4.78, 5) is 34.0. The normalized spacial score (nSPS) is 9.75. The number of nitrogens with one attached hydrogen (secondary N) is 1. The number of ether oxygens (including phenoxy) is 2. The highest BCUT2D eigenvalue weighted by molar-refractivity contribution is 5.96. The lowest BCUT2D eigenvalue weighted by Gasteiger charge is -2.10. The summed E-state index contributed by atoms with van der Waals surface area (Å²) in [7, 11) is 1.28. The van der Waals surface area contributed by atoms with Crippen LogP contribution in [0.4, 0.5) is 5.69 Å². The number of amides is 1. The third-order valence-electron chi connectivity index (χ3n) is 2.59. The maximum atomic E-state index is 11.6. The third-order valence-corrected chi connectivity index (χ3v) is 2.59. The molecular formula is C14H17NO5. The quantitative estimate of drug-likeness (QED) is 0.829. The first kappa shape index (κ1) is 15.7. The Kier molecular flexibility index (Phi) is 5.71. The van der Waals surface area contributed by atoms with Gasteiger partial charge in [0.05, 0.1) is 12.7 Å². The van der Waals surface area contributed by atoms with Gasteiger partial charge in [0.1, 0.15) is 0 Å². The molecule has 0 aromatic heterocycles. The number of anilines is 1. The zero-order valence-corrected chi connectivity index (χ0v) is 11.7. The molecule has 6 heteroatoms. The van der Waals surface area contributed by atoms with Crippen LogP contribution in [-0.2, 0) is 19.1 Å². The molecule has 108 valence electrons. The van der Waals surface area contributed by atoms with E-state index in [9.17, 15) is 14.4 Å². The molecule has 0 unspecified atom stereocenters. The molecule has 0 aliphatic rings. The van der Waals surface area contributed by atoms with E-state index < -0.39 is 17.8 Å². The van der Waals surface area contributed by atoms with E-state index in [1.54, 1.807) is 26.0 Å². The van der Waals surface area contributed by atoms with E-state index in [1.807, 2.05) is 0 Å². The highest BCUT2D eigenvalue weighted by atomic mass is 16.5. The van der Waals surface area contributed by atoms with Crippen molar-refractivity contribution in [3.8, 4) is 0 Å². The smallest absolute Gasteiger partial charge is 0.337 e. The van der Waals surface area contributed by atoms with Crippen LogP contribution in [0, 0.1) is 6.92 Å². The molecule has 1 amide bonds. The van der Waals surface area contributed by atoms with Crippen LogP contribution in [0.1, 0.15) is 29.3 Å². The van der Waals surface area contributed by atoms with Gasteiger partial charge in [0.15, 0.2) is 6.61 Å². The third kappa shape index (κ3) is 4.38. The molecule has 0 saturated heterocycles. The van der Waals surface area contributed by atoms with E-state index in [4.69, 9.17) is 4.74 Å². The summed E-state index contributed by atoms with van der Waals surface area (Å²) in [5.41, 5.74) is 1.59. The predicted octanol–water partition coefficient (Wildman–Crippen LogP) is 1.67. The zero-order chi connectivity index (χ0) is 15.1. The molecule has 1 N–H and O–H groups in total. The Morgan fingerprint density at radius 3 is 2.55 bits per heavy atom. The standard InChI is InChI=1S/C14H17NO5/c1-4-13(17)20-8-12(16)15-11-7-10(14(18)19-3)6-5-9(11)2/h5-7H,4,8H2,1-3H3,(H,15,16). The van der Waals surface area contributed by atoms with Crippen molar-refractivity contribution in [3.63, 3.8) is 0 Å². The highest BCUT2D eigenvalue weighted by Crippen LogP contribution is 2.17. The van der Waals surface area contributed by atoms with Gasteiger partial charge in [0.2, 0.25) is 0 Å². The van der Waals surface area contributed by atoms with E-state index in [-0.39, 0.29) is 13.0 Å². The molecule has 6 nitrogen and oxygen atoms in total. The van der Waals surface area contributed by atoms with E-state index in [2.05, 4.69) is 10.1 Å². The molecule has 20 heavy (non-hydrogen) atoms. The van der Waals surface area contributed by atoms with E-state index in [0.717, 1.165) is 5.56 Å². The summed E-state index contributed by atoms with van der Waals surface area (Å²) in [5.74, 6) is -1.39. The van der Waals surface area contributed by atoms with Crippen LogP contribution in [-0.4, -0.2) is 31.6 Å². The van der Waals surface area contributed by atoms with Gasteiger partial charge in [-0.15, -0.1) is 0 Å². The fourth-order valence-corrected chi connectivity index (χ4v) is 1.44. The Morgan fingerprint density at radius 2 is 1.95 bits per heavy atom. The topological polar surface area (TPSA) is 81.7 Å². The number of aryl methyl sites for hydroxylation is 1. The van der Waals surface area contributed by atoms with Gasteiger partial charge in [0.25, 0.3) is 5.91 Å². The van der Waals surface area contributed by atoms with Gasteiger partial charge >= 0.3 is 11.9 Å².